The van der Waals surface area contributed by atoms with Crippen LogP contribution in [-0.4, -0.2) is 23.9 Å². The van der Waals surface area contributed by atoms with Crippen molar-refractivity contribution in [1.29, 1.82) is 0 Å². The maximum absolute atomic E-state index is 11.3. The highest BCUT2D eigenvalue weighted by molar-refractivity contribution is 5.94. The van der Waals surface area contributed by atoms with Crippen LogP contribution in [0, 0.1) is 0 Å². The van der Waals surface area contributed by atoms with Gasteiger partial charge in [0.05, 0.1) is 0 Å². The molecule has 0 aliphatic rings. The standard InChI is InChI=1S/C13H20N2O/c1-4-8-15(9-5-2)13-10-12(11(3)16)6-7-14-13/h6-7,10H,4-5,8-9H2,1-3H3. The summed E-state index contributed by atoms with van der Waals surface area (Å²) in [6.45, 7) is 7.86. The molecule has 0 aliphatic carbocycles. The summed E-state index contributed by atoms with van der Waals surface area (Å²) in [7, 11) is 0. The van der Waals surface area contributed by atoms with Crippen LogP contribution in [0.5, 0.6) is 0 Å². The maximum atomic E-state index is 11.3. The van der Waals surface area contributed by atoms with E-state index in [4.69, 9.17) is 0 Å². The Bertz CT molecular complexity index is 344. The molecule has 0 aliphatic heterocycles. The molecule has 1 aromatic rings. The first-order chi connectivity index (χ1) is 7.69. The molecule has 0 N–H and O–H groups in total. The number of pyridine rings is 1. The van der Waals surface area contributed by atoms with Crippen LogP contribution in [0.2, 0.25) is 0 Å². The summed E-state index contributed by atoms with van der Waals surface area (Å²) in [5.41, 5.74) is 0.738. The van der Waals surface area contributed by atoms with E-state index in [0.29, 0.717) is 0 Å². The Hall–Kier alpha value is -1.38. The zero-order chi connectivity index (χ0) is 12.0. The molecule has 3 heteroatoms. The molecule has 0 spiro atoms. The van der Waals surface area contributed by atoms with Crippen LogP contribution >= 0.6 is 0 Å². The van der Waals surface area contributed by atoms with Crippen LogP contribution in [0.15, 0.2) is 18.3 Å². The highest BCUT2D eigenvalue weighted by atomic mass is 16.1. The summed E-state index contributed by atoms with van der Waals surface area (Å²) in [6.07, 6.45) is 3.89. The van der Waals surface area contributed by atoms with Crippen molar-refractivity contribution in [2.45, 2.75) is 33.6 Å². The second-order valence-corrected chi connectivity index (χ2v) is 3.95. The third kappa shape index (κ3) is 3.33. The Morgan fingerprint density at radius 1 is 1.31 bits per heavy atom. The van der Waals surface area contributed by atoms with Crippen LogP contribution in [-0.2, 0) is 0 Å². The predicted octanol–water partition coefficient (Wildman–Crippen LogP) is 2.91. The van der Waals surface area contributed by atoms with Crippen LogP contribution in [0.1, 0.15) is 44.0 Å². The van der Waals surface area contributed by atoms with E-state index < -0.39 is 0 Å². The minimum absolute atomic E-state index is 0.0941. The monoisotopic (exact) mass is 220 g/mol. The summed E-state index contributed by atoms with van der Waals surface area (Å²) < 4.78 is 0. The first kappa shape index (κ1) is 12.7. The third-order valence-corrected chi connectivity index (χ3v) is 2.46. The molecular formula is C13H20N2O. The maximum Gasteiger partial charge on any atom is 0.159 e. The SMILES string of the molecule is CCCN(CCC)c1cc(C(C)=O)ccn1. The molecule has 88 valence electrons. The summed E-state index contributed by atoms with van der Waals surface area (Å²) in [4.78, 5) is 17.9. The number of hydrogen-bond acceptors (Lipinski definition) is 3. The van der Waals surface area contributed by atoms with Gasteiger partial charge in [0.25, 0.3) is 0 Å². The summed E-state index contributed by atoms with van der Waals surface area (Å²) >= 11 is 0. The number of nitrogens with zero attached hydrogens (tertiary/aromatic N) is 2. The molecule has 0 bridgehead atoms. The fourth-order valence-electron chi connectivity index (χ4n) is 1.69. The Balaban J connectivity index is 2.90. The normalized spacial score (nSPS) is 10.2. The van der Waals surface area contributed by atoms with Crippen LogP contribution in [0.3, 0.4) is 0 Å². The first-order valence-electron chi connectivity index (χ1n) is 5.91. The Labute approximate surface area is 97.5 Å². The fourth-order valence-corrected chi connectivity index (χ4v) is 1.69. The largest absolute Gasteiger partial charge is 0.357 e. The van der Waals surface area contributed by atoms with Crippen molar-refractivity contribution in [3.63, 3.8) is 0 Å². The van der Waals surface area contributed by atoms with E-state index >= 15 is 0 Å². The Kier molecular flexibility index (Phi) is 4.96. The molecular weight excluding hydrogens is 200 g/mol. The van der Waals surface area contributed by atoms with E-state index in [-0.39, 0.29) is 5.78 Å². The molecule has 1 heterocycles. The molecule has 0 unspecified atom stereocenters. The molecule has 1 aromatic heterocycles. The summed E-state index contributed by atoms with van der Waals surface area (Å²) in [6, 6.07) is 3.65. The number of carbonyl (C=O) groups is 1. The van der Waals surface area contributed by atoms with E-state index in [0.717, 1.165) is 37.3 Å². The molecule has 0 radical (unpaired) electrons. The summed E-state index contributed by atoms with van der Waals surface area (Å²) in [5, 5.41) is 0. The third-order valence-electron chi connectivity index (χ3n) is 2.46. The zero-order valence-corrected chi connectivity index (χ0v) is 10.4. The van der Waals surface area contributed by atoms with Crippen molar-refractivity contribution in [2.75, 3.05) is 18.0 Å². The minimum Gasteiger partial charge on any atom is -0.357 e. The fraction of sp³-hybridized carbons (Fsp3) is 0.538. The molecule has 3 nitrogen and oxygen atoms in total. The Morgan fingerprint density at radius 2 is 1.94 bits per heavy atom. The lowest BCUT2D eigenvalue weighted by atomic mass is 10.2. The van der Waals surface area contributed by atoms with Gasteiger partial charge in [0.2, 0.25) is 0 Å². The summed E-state index contributed by atoms with van der Waals surface area (Å²) in [5.74, 6) is 1.01. The highest BCUT2D eigenvalue weighted by Crippen LogP contribution is 2.14. The minimum atomic E-state index is 0.0941. The lowest BCUT2D eigenvalue weighted by Crippen LogP contribution is -2.25. The second kappa shape index (κ2) is 6.26. The van der Waals surface area contributed by atoms with Gasteiger partial charge in [0, 0.05) is 24.8 Å². The van der Waals surface area contributed by atoms with Crippen LogP contribution < -0.4 is 4.90 Å². The average molecular weight is 220 g/mol. The van der Waals surface area contributed by atoms with Crippen LogP contribution in [0.25, 0.3) is 0 Å². The number of ketones is 1. The molecule has 0 aromatic carbocycles. The van der Waals surface area contributed by atoms with E-state index in [1.54, 1.807) is 19.2 Å². The number of Topliss-reactive ketones (excluding diaryl/α,β-unsaturated/α-hetero) is 1. The van der Waals surface area contributed by atoms with Gasteiger partial charge < -0.3 is 4.90 Å². The van der Waals surface area contributed by atoms with Crippen molar-refractivity contribution in [3.05, 3.63) is 23.9 Å². The van der Waals surface area contributed by atoms with Gasteiger partial charge in [-0.15, -0.1) is 0 Å². The van der Waals surface area contributed by atoms with Crippen molar-refractivity contribution in [1.82, 2.24) is 4.98 Å². The molecule has 16 heavy (non-hydrogen) atoms. The van der Waals surface area contributed by atoms with Crippen LogP contribution in [0.4, 0.5) is 5.82 Å². The van der Waals surface area contributed by atoms with Crippen molar-refractivity contribution in [2.24, 2.45) is 0 Å². The smallest absolute Gasteiger partial charge is 0.159 e. The van der Waals surface area contributed by atoms with Gasteiger partial charge in [-0.1, -0.05) is 13.8 Å². The number of rotatable bonds is 6. The Morgan fingerprint density at radius 3 is 2.44 bits per heavy atom. The van der Waals surface area contributed by atoms with E-state index in [9.17, 15) is 4.79 Å². The lowest BCUT2D eigenvalue weighted by Gasteiger charge is -2.22. The zero-order valence-electron chi connectivity index (χ0n) is 10.4. The molecule has 0 amide bonds. The molecule has 0 fully saturated rings. The molecule has 0 saturated heterocycles. The number of aromatic nitrogens is 1. The van der Waals surface area contributed by atoms with Gasteiger partial charge in [-0.2, -0.15) is 0 Å². The lowest BCUT2D eigenvalue weighted by molar-refractivity contribution is 0.101. The first-order valence-corrected chi connectivity index (χ1v) is 5.91. The highest BCUT2D eigenvalue weighted by Gasteiger charge is 2.08. The van der Waals surface area contributed by atoms with E-state index in [2.05, 4.69) is 23.7 Å². The van der Waals surface area contributed by atoms with Gasteiger partial charge in [-0.3, -0.25) is 4.79 Å². The topological polar surface area (TPSA) is 33.2 Å². The van der Waals surface area contributed by atoms with Crippen molar-refractivity contribution < 1.29 is 4.79 Å². The quantitative estimate of drug-likeness (QED) is 0.691. The van der Waals surface area contributed by atoms with Gasteiger partial charge in [0.1, 0.15) is 5.82 Å². The van der Waals surface area contributed by atoms with Crippen molar-refractivity contribution >= 4 is 11.6 Å². The van der Waals surface area contributed by atoms with Gasteiger partial charge >= 0.3 is 0 Å². The number of hydrogen-bond donors (Lipinski definition) is 0. The number of anilines is 1. The van der Waals surface area contributed by atoms with E-state index in [1.807, 2.05) is 6.07 Å². The van der Waals surface area contributed by atoms with Gasteiger partial charge in [0.15, 0.2) is 5.78 Å². The average Bonchev–Trinajstić information content (AvgIpc) is 2.29. The predicted molar refractivity (Wildman–Crippen MR) is 67.0 cm³/mol. The van der Waals surface area contributed by atoms with E-state index in [1.165, 1.54) is 0 Å². The van der Waals surface area contributed by atoms with Gasteiger partial charge in [-0.05, 0) is 31.9 Å². The van der Waals surface area contributed by atoms with Gasteiger partial charge in [-0.25, -0.2) is 4.98 Å². The molecule has 0 atom stereocenters. The molecule has 0 saturated carbocycles. The molecule has 1 rings (SSSR count). The number of carbonyl (C=O) groups excluding carboxylic acids is 1. The second-order valence-electron chi connectivity index (χ2n) is 3.95. The van der Waals surface area contributed by atoms with Crippen molar-refractivity contribution in [3.8, 4) is 0 Å².